The summed E-state index contributed by atoms with van der Waals surface area (Å²) < 4.78 is 5.02. The van der Waals surface area contributed by atoms with E-state index in [4.69, 9.17) is 4.74 Å². The molecule has 0 spiro atoms. The summed E-state index contributed by atoms with van der Waals surface area (Å²) in [4.78, 5) is 14.4. The number of fused-ring (bicyclic) bond motifs is 3. The Hall–Kier alpha value is -1.03. The van der Waals surface area contributed by atoms with Gasteiger partial charge in [0.1, 0.15) is 5.41 Å². The molecule has 2 atom stereocenters. The lowest BCUT2D eigenvalue weighted by molar-refractivity contribution is -0.153. The zero-order valence-electron chi connectivity index (χ0n) is 9.66. The van der Waals surface area contributed by atoms with Gasteiger partial charge in [0.2, 0.25) is 0 Å². The van der Waals surface area contributed by atoms with Crippen LogP contribution in [-0.4, -0.2) is 37.2 Å². The van der Waals surface area contributed by atoms with Crippen molar-refractivity contribution in [3.63, 3.8) is 0 Å². The van der Waals surface area contributed by atoms with Gasteiger partial charge < -0.3 is 9.64 Å². The van der Waals surface area contributed by atoms with Crippen molar-refractivity contribution in [3.05, 3.63) is 11.8 Å². The van der Waals surface area contributed by atoms with Crippen molar-refractivity contribution in [1.29, 1.82) is 0 Å². The predicted molar refractivity (Wildman–Crippen MR) is 59.5 cm³/mol. The molecule has 0 radical (unpaired) electrons. The second-order valence-electron chi connectivity index (χ2n) is 4.90. The first kappa shape index (κ1) is 10.1. The molecule has 1 N–H and O–H groups in total. The summed E-state index contributed by atoms with van der Waals surface area (Å²) in [6.07, 6.45) is 6.59. The molecule has 2 unspecified atom stereocenters. The van der Waals surface area contributed by atoms with E-state index in [-0.39, 0.29) is 11.4 Å². The molecule has 2 fully saturated rings. The van der Waals surface area contributed by atoms with E-state index >= 15 is 0 Å². The molecular formula is C12H18N2O2. The van der Waals surface area contributed by atoms with Crippen molar-refractivity contribution < 1.29 is 9.53 Å². The second-order valence-corrected chi connectivity index (χ2v) is 4.90. The Balaban J connectivity index is 1.95. The van der Waals surface area contributed by atoms with Crippen LogP contribution < -0.4 is 5.32 Å². The Morgan fingerprint density at radius 3 is 3.31 bits per heavy atom. The molecule has 0 aromatic carbocycles. The fraction of sp³-hybridized carbons (Fsp3) is 0.750. The van der Waals surface area contributed by atoms with Gasteiger partial charge in [0.25, 0.3) is 0 Å². The van der Waals surface area contributed by atoms with Gasteiger partial charge in [-0.2, -0.15) is 0 Å². The summed E-state index contributed by atoms with van der Waals surface area (Å²) in [7, 11) is 1.50. The molecule has 0 amide bonds. The van der Waals surface area contributed by atoms with E-state index in [1.54, 1.807) is 0 Å². The van der Waals surface area contributed by atoms with Crippen LogP contribution in [0.5, 0.6) is 0 Å². The van der Waals surface area contributed by atoms with Crippen molar-refractivity contribution in [2.24, 2.45) is 5.41 Å². The van der Waals surface area contributed by atoms with Gasteiger partial charge in [0, 0.05) is 18.8 Å². The molecule has 2 heterocycles. The van der Waals surface area contributed by atoms with E-state index in [0.717, 1.165) is 38.8 Å². The number of ether oxygens (including phenoxy) is 1. The van der Waals surface area contributed by atoms with Gasteiger partial charge >= 0.3 is 5.97 Å². The van der Waals surface area contributed by atoms with Crippen LogP contribution in [0.2, 0.25) is 0 Å². The minimum absolute atomic E-state index is 0.0402. The van der Waals surface area contributed by atoms with E-state index in [1.165, 1.54) is 12.8 Å². The molecule has 2 aliphatic heterocycles. The number of allylic oxidation sites excluding steroid dienone is 1. The Morgan fingerprint density at radius 2 is 2.50 bits per heavy atom. The zero-order valence-corrected chi connectivity index (χ0v) is 9.66. The van der Waals surface area contributed by atoms with Crippen LogP contribution in [0.4, 0.5) is 0 Å². The highest BCUT2D eigenvalue weighted by Crippen LogP contribution is 2.50. The molecule has 3 rings (SSSR count). The van der Waals surface area contributed by atoms with Gasteiger partial charge in [-0.15, -0.1) is 0 Å². The Bertz CT molecular complexity index is 353. The average Bonchev–Trinajstić information content (AvgIpc) is 2.93. The maximum absolute atomic E-state index is 12.0. The number of carbonyl (C=O) groups is 1. The SMILES string of the molecule is COC(=O)C12CCC=C1N1CCNC1CC2. The fourth-order valence-corrected chi connectivity index (χ4v) is 3.48. The highest BCUT2D eigenvalue weighted by molar-refractivity contribution is 5.81. The minimum Gasteiger partial charge on any atom is -0.468 e. The van der Waals surface area contributed by atoms with E-state index in [2.05, 4.69) is 16.3 Å². The van der Waals surface area contributed by atoms with Gasteiger partial charge in [-0.05, 0) is 25.7 Å². The quantitative estimate of drug-likeness (QED) is 0.668. The number of methoxy groups -OCH3 is 1. The van der Waals surface area contributed by atoms with E-state index in [9.17, 15) is 4.79 Å². The van der Waals surface area contributed by atoms with Crippen molar-refractivity contribution in [3.8, 4) is 0 Å². The number of nitrogens with one attached hydrogen (secondary N) is 1. The van der Waals surface area contributed by atoms with E-state index in [0.29, 0.717) is 6.17 Å². The fourth-order valence-electron chi connectivity index (χ4n) is 3.48. The summed E-state index contributed by atoms with van der Waals surface area (Å²) in [5.41, 5.74) is 0.901. The number of piperidine rings is 1. The van der Waals surface area contributed by atoms with Crippen LogP contribution in [-0.2, 0) is 9.53 Å². The number of nitrogens with zero attached hydrogens (tertiary/aromatic N) is 1. The highest BCUT2D eigenvalue weighted by atomic mass is 16.5. The molecule has 2 saturated heterocycles. The van der Waals surface area contributed by atoms with Gasteiger partial charge in [0.15, 0.2) is 0 Å². The molecule has 0 saturated carbocycles. The van der Waals surface area contributed by atoms with Crippen molar-refractivity contribution in [2.45, 2.75) is 31.8 Å². The molecule has 0 bridgehead atoms. The van der Waals surface area contributed by atoms with E-state index < -0.39 is 0 Å². The van der Waals surface area contributed by atoms with Crippen molar-refractivity contribution in [2.75, 3.05) is 20.2 Å². The molecular weight excluding hydrogens is 204 g/mol. The van der Waals surface area contributed by atoms with Crippen LogP contribution in [0.1, 0.15) is 25.7 Å². The van der Waals surface area contributed by atoms with E-state index in [1.807, 2.05) is 0 Å². The van der Waals surface area contributed by atoms with Crippen LogP contribution in [0.3, 0.4) is 0 Å². The lowest BCUT2D eigenvalue weighted by Crippen LogP contribution is -2.49. The Kier molecular flexibility index (Phi) is 2.21. The maximum atomic E-state index is 12.0. The van der Waals surface area contributed by atoms with Crippen molar-refractivity contribution in [1.82, 2.24) is 10.2 Å². The average molecular weight is 222 g/mol. The molecule has 4 nitrogen and oxygen atoms in total. The molecule has 16 heavy (non-hydrogen) atoms. The summed E-state index contributed by atoms with van der Waals surface area (Å²) in [6, 6.07) is 0. The largest absolute Gasteiger partial charge is 0.468 e. The van der Waals surface area contributed by atoms with Crippen LogP contribution >= 0.6 is 0 Å². The van der Waals surface area contributed by atoms with Gasteiger partial charge in [0.05, 0.1) is 13.3 Å². The van der Waals surface area contributed by atoms with Crippen LogP contribution in [0, 0.1) is 5.41 Å². The normalized spacial score (nSPS) is 36.7. The number of hydrogen-bond acceptors (Lipinski definition) is 4. The Labute approximate surface area is 95.6 Å². The monoisotopic (exact) mass is 222 g/mol. The first-order valence-corrected chi connectivity index (χ1v) is 6.07. The number of esters is 1. The third-order valence-corrected chi connectivity index (χ3v) is 4.24. The highest BCUT2D eigenvalue weighted by Gasteiger charge is 2.52. The van der Waals surface area contributed by atoms with Gasteiger partial charge in [-0.1, -0.05) is 6.08 Å². The molecule has 0 aromatic heterocycles. The molecule has 4 heteroatoms. The Morgan fingerprint density at radius 1 is 1.62 bits per heavy atom. The second kappa shape index (κ2) is 3.48. The van der Waals surface area contributed by atoms with Gasteiger partial charge in [-0.3, -0.25) is 10.1 Å². The number of rotatable bonds is 1. The first-order chi connectivity index (χ1) is 7.78. The van der Waals surface area contributed by atoms with Crippen molar-refractivity contribution >= 4 is 5.97 Å². The summed E-state index contributed by atoms with van der Waals surface area (Å²) in [5.74, 6) is -0.0402. The molecule has 0 aromatic rings. The lowest BCUT2D eigenvalue weighted by atomic mass is 9.76. The summed E-state index contributed by atoms with van der Waals surface area (Å²) in [5, 5.41) is 3.48. The minimum atomic E-state index is -0.322. The van der Waals surface area contributed by atoms with Crippen LogP contribution in [0.25, 0.3) is 0 Å². The summed E-state index contributed by atoms with van der Waals surface area (Å²) in [6.45, 7) is 2.05. The van der Waals surface area contributed by atoms with Crippen LogP contribution in [0.15, 0.2) is 11.8 Å². The molecule has 88 valence electrons. The maximum Gasteiger partial charge on any atom is 0.317 e. The molecule has 1 aliphatic carbocycles. The summed E-state index contributed by atoms with van der Waals surface area (Å²) >= 11 is 0. The predicted octanol–water partition coefficient (Wildman–Crippen LogP) is 0.849. The lowest BCUT2D eigenvalue weighted by Gasteiger charge is -2.43. The third-order valence-electron chi connectivity index (χ3n) is 4.24. The smallest absolute Gasteiger partial charge is 0.317 e. The molecule has 3 aliphatic rings. The number of carbonyl (C=O) groups excluding carboxylic acids is 1. The number of hydrogen-bond donors (Lipinski definition) is 1. The first-order valence-electron chi connectivity index (χ1n) is 6.07. The third kappa shape index (κ3) is 1.16. The van der Waals surface area contributed by atoms with Gasteiger partial charge in [-0.25, -0.2) is 0 Å². The zero-order chi connectivity index (χ0) is 11.2. The standard InChI is InChI=1S/C12H18N2O2/c1-16-11(15)12-5-2-3-9(12)14-8-7-13-10(14)4-6-12/h3,10,13H,2,4-8H2,1H3. The topological polar surface area (TPSA) is 41.6 Å².